The van der Waals surface area contributed by atoms with Gasteiger partial charge in [-0.25, -0.2) is 0 Å². The van der Waals surface area contributed by atoms with Crippen molar-refractivity contribution >= 4 is 0 Å². The van der Waals surface area contributed by atoms with Crippen LogP contribution in [0.2, 0.25) is 0 Å². The minimum absolute atomic E-state index is 0.227. The second-order valence-electron chi connectivity index (χ2n) is 2.85. The molecule has 0 bridgehead atoms. The Balaban J connectivity index is 3.61. The zero-order valence-electron chi connectivity index (χ0n) is 7.97. The van der Waals surface area contributed by atoms with Gasteiger partial charge in [0.25, 0.3) is 0 Å². The van der Waals surface area contributed by atoms with Crippen LogP contribution in [0.5, 0.6) is 0 Å². The van der Waals surface area contributed by atoms with Crippen LogP contribution < -0.4 is 5.73 Å². The predicted octanol–water partition coefficient (Wildman–Crippen LogP) is 1.93. The van der Waals surface area contributed by atoms with Crippen molar-refractivity contribution in [1.29, 1.82) is 0 Å². The standard InChI is InChI=1S/C9H21NO/c1-4-7-8(10)9(5-2)11-6-3/h8-9H,4-7,10H2,1-3H3. The van der Waals surface area contributed by atoms with E-state index in [2.05, 4.69) is 13.8 Å². The molecule has 0 saturated heterocycles. The van der Waals surface area contributed by atoms with E-state index in [9.17, 15) is 0 Å². The van der Waals surface area contributed by atoms with Gasteiger partial charge in [0.05, 0.1) is 6.10 Å². The van der Waals surface area contributed by atoms with E-state index in [1.54, 1.807) is 0 Å². The Morgan fingerprint density at radius 1 is 1.27 bits per heavy atom. The quantitative estimate of drug-likeness (QED) is 0.642. The average Bonchev–Trinajstić information content (AvgIpc) is 2.00. The third-order valence-corrected chi connectivity index (χ3v) is 1.88. The molecule has 2 unspecified atom stereocenters. The van der Waals surface area contributed by atoms with Gasteiger partial charge in [0.2, 0.25) is 0 Å². The highest BCUT2D eigenvalue weighted by Gasteiger charge is 2.14. The highest BCUT2D eigenvalue weighted by Crippen LogP contribution is 2.07. The van der Waals surface area contributed by atoms with E-state index < -0.39 is 0 Å². The molecule has 0 aliphatic rings. The van der Waals surface area contributed by atoms with Crippen LogP contribution in [0.4, 0.5) is 0 Å². The summed E-state index contributed by atoms with van der Waals surface area (Å²) in [6.07, 6.45) is 3.50. The topological polar surface area (TPSA) is 35.2 Å². The lowest BCUT2D eigenvalue weighted by Crippen LogP contribution is -2.36. The Hall–Kier alpha value is -0.0800. The minimum atomic E-state index is 0.227. The molecule has 0 aromatic heterocycles. The van der Waals surface area contributed by atoms with E-state index in [4.69, 9.17) is 10.5 Å². The van der Waals surface area contributed by atoms with Crippen LogP contribution in [0.3, 0.4) is 0 Å². The molecular formula is C9H21NO. The molecule has 0 radical (unpaired) electrons. The summed E-state index contributed by atoms with van der Waals surface area (Å²) in [7, 11) is 0. The predicted molar refractivity (Wildman–Crippen MR) is 48.6 cm³/mol. The molecule has 2 nitrogen and oxygen atoms in total. The third-order valence-electron chi connectivity index (χ3n) is 1.88. The SMILES string of the molecule is CCCC(N)C(CC)OCC. The van der Waals surface area contributed by atoms with Crippen molar-refractivity contribution < 1.29 is 4.74 Å². The molecule has 2 N–H and O–H groups in total. The molecule has 2 heteroatoms. The molecule has 0 aromatic carbocycles. The fourth-order valence-corrected chi connectivity index (χ4v) is 1.28. The Bertz CT molecular complexity index is 85.6. The number of rotatable bonds is 6. The average molecular weight is 159 g/mol. The summed E-state index contributed by atoms with van der Waals surface area (Å²) in [6.45, 7) is 7.06. The normalized spacial score (nSPS) is 16.4. The van der Waals surface area contributed by atoms with Crippen LogP contribution in [-0.2, 0) is 4.74 Å². The smallest absolute Gasteiger partial charge is 0.0723 e. The maximum atomic E-state index is 5.90. The van der Waals surface area contributed by atoms with Crippen LogP contribution >= 0.6 is 0 Å². The van der Waals surface area contributed by atoms with E-state index in [-0.39, 0.29) is 12.1 Å². The maximum absolute atomic E-state index is 5.90. The lowest BCUT2D eigenvalue weighted by atomic mass is 10.1. The second-order valence-corrected chi connectivity index (χ2v) is 2.85. The Labute approximate surface area is 70.1 Å². The van der Waals surface area contributed by atoms with Gasteiger partial charge in [0, 0.05) is 12.6 Å². The summed E-state index contributed by atoms with van der Waals surface area (Å²) < 4.78 is 5.48. The number of nitrogens with two attached hydrogens (primary N) is 1. The number of hydrogen-bond donors (Lipinski definition) is 1. The van der Waals surface area contributed by atoms with Crippen LogP contribution in [0.25, 0.3) is 0 Å². The molecule has 0 rings (SSSR count). The second kappa shape index (κ2) is 6.62. The van der Waals surface area contributed by atoms with Gasteiger partial charge in [0.15, 0.2) is 0 Å². The van der Waals surface area contributed by atoms with E-state index in [0.29, 0.717) is 0 Å². The summed E-state index contributed by atoms with van der Waals surface area (Å²) in [5.41, 5.74) is 5.90. The lowest BCUT2D eigenvalue weighted by molar-refractivity contribution is 0.0395. The van der Waals surface area contributed by atoms with Gasteiger partial charge < -0.3 is 10.5 Å². The van der Waals surface area contributed by atoms with Crippen molar-refractivity contribution in [3.05, 3.63) is 0 Å². The van der Waals surface area contributed by atoms with Gasteiger partial charge in [0.1, 0.15) is 0 Å². The maximum Gasteiger partial charge on any atom is 0.0723 e. The van der Waals surface area contributed by atoms with Crippen molar-refractivity contribution in [3.8, 4) is 0 Å². The minimum Gasteiger partial charge on any atom is -0.377 e. The molecule has 0 saturated carbocycles. The first-order valence-electron chi connectivity index (χ1n) is 4.63. The first-order chi connectivity index (χ1) is 5.26. The lowest BCUT2D eigenvalue weighted by Gasteiger charge is -2.21. The molecule has 68 valence electrons. The number of ether oxygens (including phenoxy) is 1. The molecule has 0 aromatic rings. The largest absolute Gasteiger partial charge is 0.377 e. The fourth-order valence-electron chi connectivity index (χ4n) is 1.28. The molecule has 0 heterocycles. The third kappa shape index (κ3) is 4.38. The van der Waals surface area contributed by atoms with Gasteiger partial charge in [-0.15, -0.1) is 0 Å². The van der Waals surface area contributed by atoms with E-state index in [0.717, 1.165) is 25.9 Å². The summed E-state index contributed by atoms with van der Waals surface area (Å²) in [6, 6.07) is 0.227. The Morgan fingerprint density at radius 2 is 1.91 bits per heavy atom. The molecule has 0 spiro atoms. The highest BCUT2D eigenvalue weighted by molar-refractivity contribution is 4.71. The van der Waals surface area contributed by atoms with Crippen molar-refractivity contribution in [3.63, 3.8) is 0 Å². The first kappa shape index (κ1) is 10.9. The van der Waals surface area contributed by atoms with Gasteiger partial charge in [-0.3, -0.25) is 0 Å². The monoisotopic (exact) mass is 159 g/mol. The van der Waals surface area contributed by atoms with Crippen molar-refractivity contribution in [2.24, 2.45) is 5.73 Å². The van der Waals surface area contributed by atoms with Crippen molar-refractivity contribution in [2.45, 2.75) is 52.2 Å². The molecule has 11 heavy (non-hydrogen) atoms. The summed E-state index contributed by atoms with van der Waals surface area (Å²) in [5.74, 6) is 0. The van der Waals surface area contributed by atoms with Crippen LogP contribution in [-0.4, -0.2) is 18.8 Å². The van der Waals surface area contributed by atoms with Gasteiger partial charge in [-0.05, 0) is 19.8 Å². The van der Waals surface area contributed by atoms with Crippen molar-refractivity contribution in [1.82, 2.24) is 0 Å². The van der Waals surface area contributed by atoms with Gasteiger partial charge in [-0.1, -0.05) is 20.3 Å². The van der Waals surface area contributed by atoms with E-state index >= 15 is 0 Å². The fraction of sp³-hybridized carbons (Fsp3) is 1.00. The zero-order valence-corrected chi connectivity index (χ0v) is 7.97. The summed E-state index contributed by atoms with van der Waals surface area (Å²) in [5, 5.41) is 0. The Kier molecular flexibility index (Phi) is 6.57. The van der Waals surface area contributed by atoms with E-state index in [1.807, 2.05) is 6.92 Å². The molecule has 0 fully saturated rings. The molecular weight excluding hydrogens is 138 g/mol. The van der Waals surface area contributed by atoms with Gasteiger partial charge >= 0.3 is 0 Å². The van der Waals surface area contributed by atoms with Crippen LogP contribution in [0.1, 0.15) is 40.0 Å². The van der Waals surface area contributed by atoms with E-state index in [1.165, 1.54) is 0 Å². The molecule has 0 aliphatic heterocycles. The van der Waals surface area contributed by atoms with Crippen LogP contribution in [0.15, 0.2) is 0 Å². The summed E-state index contributed by atoms with van der Waals surface area (Å²) >= 11 is 0. The van der Waals surface area contributed by atoms with Gasteiger partial charge in [-0.2, -0.15) is 0 Å². The first-order valence-corrected chi connectivity index (χ1v) is 4.63. The zero-order chi connectivity index (χ0) is 8.69. The molecule has 0 amide bonds. The Morgan fingerprint density at radius 3 is 2.27 bits per heavy atom. The number of hydrogen-bond acceptors (Lipinski definition) is 2. The summed E-state index contributed by atoms with van der Waals surface area (Å²) in [4.78, 5) is 0. The molecule has 0 aliphatic carbocycles. The van der Waals surface area contributed by atoms with Crippen molar-refractivity contribution in [2.75, 3.05) is 6.61 Å². The van der Waals surface area contributed by atoms with Crippen LogP contribution in [0, 0.1) is 0 Å². The molecule has 2 atom stereocenters. The highest BCUT2D eigenvalue weighted by atomic mass is 16.5.